The molecule has 166 valence electrons. The fourth-order valence-electron chi connectivity index (χ4n) is 3.18. The zero-order valence-electron chi connectivity index (χ0n) is 16.3. The summed E-state index contributed by atoms with van der Waals surface area (Å²) in [7, 11) is 1.37. The van der Waals surface area contributed by atoms with Gasteiger partial charge in [-0.25, -0.2) is 13.8 Å². The first-order valence-corrected chi connectivity index (χ1v) is 9.19. The number of nitrogens with one attached hydrogen (secondary N) is 2. The Morgan fingerprint density at radius 2 is 2.10 bits per heavy atom. The summed E-state index contributed by atoms with van der Waals surface area (Å²) in [6.07, 6.45) is -5.39. The first-order valence-electron chi connectivity index (χ1n) is 9.19. The highest BCUT2D eigenvalue weighted by Gasteiger charge is 2.47. The van der Waals surface area contributed by atoms with E-state index < -0.39 is 43.4 Å². The van der Waals surface area contributed by atoms with Gasteiger partial charge >= 0.3 is 0 Å². The summed E-state index contributed by atoms with van der Waals surface area (Å²) in [6, 6.07) is 0. The highest BCUT2D eigenvalue weighted by Crippen LogP contribution is 2.33. The second-order valence-corrected chi connectivity index (χ2v) is 6.82. The van der Waals surface area contributed by atoms with E-state index in [1.54, 1.807) is 6.92 Å². The van der Waals surface area contributed by atoms with E-state index in [1.165, 1.54) is 28.8 Å². The number of carbonyl (C=O) groups excluding carboxylic acids is 1. The Morgan fingerprint density at radius 3 is 2.74 bits per heavy atom. The van der Waals surface area contributed by atoms with E-state index in [0.29, 0.717) is 5.69 Å². The summed E-state index contributed by atoms with van der Waals surface area (Å²) in [5.74, 6) is -0.614. The van der Waals surface area contributed by atoms with Crippen molar-refractivity contribution in [2.45, 2.75) is 37.9 Å². The van der Waals surface area contributed by atoms with Crippen LogP contribution in [0.2, 0.25) is 0 Å². The van der Waals surface area contributed by atoms with E-state index in [0.717, 1.165) is 0 Å². The molecule has 4 atom stereocenters. The average molecular weight is 439 g/mol. The van der Waals surface area contributed by atoms with Crippen molar-refractivity contribution in [3.8, 4) is 5.95 Å². The molecule has 0 aliphatic carbocycles. The van der Waals surface area contributed by atoms with Crippen LogP contribution in [0.1, 0.15) is 11.9 Å². The zero-order chi connectivity index (χ0) is 22.3. The lowest BCUT2D eigenvalue weighted by molar-refractivity contribution is -0.137. The van der Waals surface area contributed by atoms with E-state index in [9.17, 15) is 23.8 Å². The minimum absolute atomic E-state index is 0.00232. The number of alkyl halides is 2. The van der Waals surface area contributed by atoms with Crippen LogP contribution in [0.15, 0.2) is 12.5 Å². The van der Waals surface area contributed by atoms with Crippen molar-refractivity contribution in [2.75, 3.05) is 18.9 Å². The molecule has 1 unspecified atom stereocenters. The molecule has 13 nitrogen and oxygen atoms in total. The molecule has 1 amide bonds. The summed E-state index contributed by atoms with van der Waals surface area (Å²) in [6.45, 7) is 1.01. The number of fused-ring (bicyclic) bond motifs is 1. The molecule has 1 aliphatic heterocycles. The summed E-state index contributed by atoms with van der Waals surface area (Å²) < 4.78 is 33.6. The zero-order valence-corrected chi connectivity index (χ0v) is 16.3. The van der Waals surface area contributed by atoms with Gasteiger partial charge in [0.05, 0.1) is 24.8 Å². The quantitative estimate of drug-likeness (QED) is 0.365. The predicted octanol–water partition coefficient (Wildman–Crippen LogP) is -1.24. The standard InChI is InChI=1S/C16H19F2N9O4/c1-6-4-27(25-24-6)16-22-12(20-3-7(17)18)8-13(23-16)26(5-21-8)15-10(29)9(28)11(31-15)14(30)19-2/h4-5,7,9-11,15,28-29H,3H2,1-2H3,(H,19,30)(H,20,22,23)/t9-,10+,11?,15+/m0/s1. The Kier molecular flexibility index (Phi) is 5.47. The van der Waals surface area contributed by atoms with Gasteiger partial charge in [-0.2, -0.15) is 14.6 Å². The van der Waals surface area contributed by atoms with Gasteiger partial charge in [-0.15, -0.1) is 5.10 Å². The molecule has 15 heteroatoms. The van der Waals surface area contributed by atoms with Crippen molar-refractivity contribution in [2.24, 2.45) is 0 Å². The van der Waals surface area contributed by atoms with Crippen LogP contribution in [-0.2, 0) is 9.53 Å². The van der Waals surface area contributed by atoms with E-state index in [4.69, 9.17) is 4.74 Å². The monoisotopic (exact) mass is 439 g/mol. The second-order valence-electron chi connectivity index (χ2n) is 6.82. The molecule has 4 rings (SSSR count). The molecule has 0 aromatic carbocycles. The lowest BCUT2D eigenvalue weighted by Crippen LogP contribution is -2.41. The Hall–Kier alpha value is -3.30. The number of likely N-dealkylation sites (N-methyl/N-ethyl adjacent to an activating group) is 1. The molecule has 1 saturated heterocycles. The van der Waals surface area contributed by atoms with Crippen molar-refractivity contribution in [1.29, 1.82) is 0 Å². The highest BCUT2D eigenvalue weighted by molar-refractivity contribution is 5.84. The minimum atomic E-state index is -2.65. The first-order chi connectivity index (χ1) is 14.8. The van der Waals surface area contributed by atoms with Crippen LogP contribution in [0.3, 0.4) is 0 Å². The number of aromatic nitrogens is 7. The summed E-state index contributed by atoms with van der Waals surface area (Å²) in [5.41, 5.74) is 0.795. The van der Waals surface area contributed by atoms with E-state index in [2.05, 4.69) is 35.9 Å². The number of hydrogen-bond donors (Lipinski definition) is 4. The number of anilines is 1. The van der Waals surface area contributed by atoms with Gasteiger partial charge in [0.25, 0.3) is 18.3 Å². The number of imidazole rings is 1. The Morgan fingerprint density at radius 1 is 1.32 bits per heavy atom. The van der Waals surface area contributed by atoms with Crippen LogP contribution in [0, 0.1) is 6.92 Å². The van der Waals surface area contributed by atoms with Crippen molar-refractivity contribution >= 4 is 22.9 Å². The average Bonchev–Trinajstić information content (AvgIpc) is 3.44. The van der Waals surface area contributed by atoms with Gasteiger partial charge in [-0.1, -0.05) is 5.21 Å². The number of nitrogens with zero attached hydrogens (tertiary/aromatic N) is 7. The largest absolute Gasteiger partial charge is 0.387 e. The van der Waals surface area contributed by atoms with Crippen LogP contribution in [0.25, 0.3) is 17.1 Å². The van der Waals surface area contributed by atoms with Crippen molar-refractivity contribution in [3.63, 3.8) is 0 Å². The number of amides is 1. The van der Waals surface area contributed by atoms with Gasteiger partial charge in [-0.05, 0) is 6.92 Å². The Labute approximate surface area is 173 Å². The normalized spacial score (nSPS) is 23.6. The molecule has 3 aromatic heterocycles. The maximum absolute atomic E-state index is 12.8. The van der Waals surface area contributed by atoms with Gasteiger partial charge in [0.15, 0.2) is 29.3 Å². The molecule has 1 aliphatic rings. The van der Waals surface area contributed by atoms with Crippen LogP contribution in [0.5, 0.6) is 0 Å². The third-order valence-electron chi connectivity index (χ3n) is 4.66. The van der Waals surface area contributed by atoms with Crippen molar-refractivity contribution in [3.05, 3.63) is 18.2 Å². The highest BCUT2D eigenvalue weighted by atomic mass is 19.3. The van der Waals surface area contributed by atoms with Crippen molar-refractivity contribution < 1.29 is 28.5 Å². The minimum Gasteiger partial charge on any atom is -0.387 e. The maximum Gasteiger partial charge on any atom is 0.256 e. The fourth-order valence-corrected chi connectivity index (χ4v) is 3.18. The molecule has 31 heavy (non-hydrogen) atoms. The molecule has 1 fully saturated rings. The van der Waals surface area contributed by atoms with Crippen LogP contribution < -0.4 is 10.6 Å². The Balaban J connectivity index is 1.80. The topological polar surface area (TPSA) is 165 Å². The first kappa shape index (κ1) is 21.0. The predicted molar refractivity (Wildman–Crippen MR) is 99.5 cm³/mol. The van der Waals surface area contributed by atoms with Crippen LogP contribution in [-0.4, -0.2) is 89.0 Å². The second kappa shape index (κ2) is 8.09. The molecular weight excluding hydrogens is 420 g/mol. The smallest absolute Gasteiger partial charge is 0.256 e. The van der Waals surface area contributed by atoms with Gasteiger partial charge in [0, 0.05) is 7.05 Å². The summed E-state index contributed by atoms with van der Waals surface area (Å²) >= 11 is 0. The fraction of sp³-hybridized carbons (Fsp3) is 0.500. The van der Waals surface area contributed by atoms with Crippen molar-refractivity contribution in [1.82, 2.24) is 39.8 Å². The summed E-state index contributed by atoms with van der Waals surface area (Å²) in [5, 5.41) is 33.2. The number of aliphatic hydroxyl groups is 2. The number of aliphatic hydroxyl groups excluding tert-OH is 2. The van der Waals surface area contributed by atoms with E-state index in [1.807, 2.05) is 0 Å². The number of halogens is 2. The molecule has 4 N–H and O–H groups in total. The molecular formula is C16H19F2N9O4. The van der Waals surface area contributed by atoms with Crippen LogP contribution >= 0.6 is 0 Å². The molecule has 3 aromatic rings. The number of rotatable bonds is 6. The molecule has 4 heterocycles. The molecule has 0 bridgehead atoms. The number of aryl methyl sites for hydroxylation is 1. The van der Waals surface area contributed by atoms with Gasteiger partial charge in [-0.3, -0.25) is 9.36 Å². The SMILES string of the molecule is CNC(=O)C1O[C@@H](n2cnc3c(NCC(F)F)nc(-n4cc(C)nn4)nc32)[C@H](O)[C@@H]1O. The third-order valence-corrected chi connectivity index (χ3v) is 4.66. The van der Waals surface area contributed by atoms with Gasteiger partial charge in [0.1, 0.15) is 12.2 Å². The van der Waals surface area contributed by atoms with E-state index >= 15 is 0 Å². The summed E-state index contributed by atoms with van der Waals surface area (Å²) in [4.78, 5) is 24.6. The Bertz CT molecular complexity index is 1100. The number of carbonyl (C=O) groups is 1. The van der Waals surface area contributed by atoms with Crippen LogP contribution in [0.4, 0.5) is 14.6 Å². The maximum atomic E-state index is 12.8. The third kappa shape index (κ3) is 3.77. The number of ether oxygens (including phenoxy) is 1. The lowest BCUT2D eigenvalue weighted by atomic mass is 10.1. The lowest BCUT2D eigenvalue weighted by Gasteiger charge is -2.17. The molecule has 0 saturated carbocycles. The molecule has 0 spiro atoms. The van der Waals surface area contributed by atoms with Gasteiger partial charge < -0.3 is 25.6 Å². The number of hydrogen-bond acceptors (Lipinski definition) is 10. The van der Waals surface area contributed by atoms with Gasteiger partial charge in [0.2, 0.25) is 0 Å². The molecule has 0 radical (unpaired) electrons. The van der Waals surface area contributed by atoms with E-state index in [-0.39, 0.29) is 22.9 Å².